The van der Waals surface area contributed by atoms with E-state index in [9.17, 15) is 4.79 Å². The lowest BCUT2D eigenvalue weighted by atomic mass is 10.1. The summed E-state index contributed by atoms with van der Waals surface area (Å²) in [5.41, 5.74) is 5.70. The summed E-state index contributed by atoms with van der Waals surface area (Å²) < 4.78 is 1.74. The molecular formula is C19H20N4O. The number of carbonyl (C=O) groups excluding carboxylic acids is 1. The summed E-state index contributed by atoms with van der Waals surface area (Å²) in [5, 5.41) is 7.16. The van der Waals surface area contributed by atoms with Gasteiger partial charge in [0.15, 0.2) is 0 Å². The average molecular weight is 320 g/mol. The first kappa shape index (κ1) is 15.9. The Morgan fingerprint density at radius 3 is 2.75 bits per heavy atom. The molecule has 122 valence electrons. The van der Waals surface area contributed by atoms with Gasteiger partial charge in [0, 0.05) is 37.1 Å². The van der Waals surface area contributed by atoms with Gasteiger partial charge >= 0.3 is 0 Å². The van der Waals surface area contributed by atoms with Gasteiger partial charge in [-0.2, -0.15) is 5.10 Å². The van der Waals surface area contributed by atoms with Crippen LogP contribution in [-0.2, 0) is 13.6 Å². The van der Waals surface area contributed by atoms with Crippen LogP contribution < -0.4 is 5.32 Å². The Balaban J connectivity index is 1.77. The van der Waals surface area contributed by atoms with E-state index >= 15 is 0 Å². The van der Waals surface area contributed by atoms with Gasteiger partial charge in [-0.05, 0) is 48.7 Å². The van der Waals surface area contributed by atoms with Crippen molar-refractivity contribution in [3.05, 3.63) is 71.2 Å². The molecular weight excluding hydrogens is 300 g/mol. The van der Waals surface area contributed by atoms with Crippen LogP contribution in [0.15, 0.2) is 48.9 Å². The third kappa shape index (κ3) is 3.35. The molecule has 5 nitrogen and oxygen atoms in total. The second-order valence-corrected chi connectivity index (χ2v) is 5.90. The predicted octanol–water partition coefficient (Wildman–Crippen LogP) is 3.03. The highest BCUT2D eigenvalue weighted by atomic mass is 16.1. The van der Waals surface area contributed by atoms with Crippen molar-refractivity contribution in [2.45, 2.75) is 20.4 Å². The maximum Gasteiger partial charge on any atom is 0.251 e. The lowest BCUT2D eigenvalue weighted by Crippen LogP contribution is -2.23. The third-order valence-electron chi connectivity index (χ3n) is 4.08. The van der Waals surface area contributed by atoms with E-state index in [0.29, 0.717) is 12.1 Å². The van der Waals surface area contributed by atoms with Gasteiger partial charge in [0.25, 0.3) is 5.91 Å². The number of rotatable bonds is 4. The Morgan fingerprint density at radius 1 is 1.21 bits per heavy atom. The molecule has 3 rings (SSSR count). The highest BCUT2D eigenvalue weighted by Crippen LogP contribution is 2.20. The zero-order valence-electron chi connectivity index (χ0n) is 14.1. The summed E-state index contributed by atoms with van der Waals surface area (Å²) in [4.78, 5) is 16.8. The van der Waals surface area contributed by atoms with Crippen LogP contribution in [0.2, 0.25) is 0 Å². The van der Waals surface area contributed by atoms with E-state index in [1.54, 1.807) is 17.1 Å². The molecule has 0 atom stereocenters. The fourth-order valence-electron chi connectivity index (χ4n) is 2.54. The lowest BCUT2D eigenvalue weighted by Gasteiger charge is -2.10. The third-order valence-corrected chi connectivity index (χ3v) is 4.08. The van der Waals surface area contributed by atoms with E-state index in [1.807, 2.05) is 57.4 Å². The lowest BCUT2D eigenvalue weighted by molar-refractivity contribution is 0.0951. The minimum atomic E-state index is -0.0842. The van der Waals surface area contributed by atoms with Crippen molar-refractivity contribution < 1.29 is 4.79 Å². The predicted molar refractivity (Wildman–Crippen MR) is 93.5 cm³/mol. The second-order valence-electron chi connectivity index (χ2n) is 5.90. The standard InChI is InChI=1S/C19H20N4O/c1-13-6-7-15(9-14(13)2)19(24)21-10-16-5-4-8-20-18(16)17-11-22-23(3)12-17/h4-9,11-12H,10H2,1-3H3,(H,21,24). The molecule has 0 aliphatic heterocycles. The number of benzene rings is 1. The van der Waals surface area contributed by atoms with E-state index in [2.05, 4.69) is 15.4 Å². The molecule has 0 bridgehead atoms. The highest BCUT2D eigenvalue weighted by molar-refractivity contribution is 5.94. The molecule has 1 N–H and O–H groups in total. The number of aryl methyl sites for hydroxylation is 3. The molecule has 1 amide bonds. The topological polar surface area (TPSA) is 59.8 Å². The largest absolute Gasteiger partial charge is 0.348 e. The van der Waals surface area contributed by atoms with Crippen LogP contribution in [0.25, 0.3) is 11.3 Å². The summed E-state index contributed by atoms with van der Waals surface area (Å²) in [6.07, 6.45) is 5.44. The van der Waals surface area contributed by atoms with Crippen LogP contribution >= 0.6 is 0 Å². The molecule has 0 saturated heterocycles. The highest BCUT2D eigenvalue weighted by Gasteiger charge is 2.11. The van der Waals surface area contributed by atoms with Crippen molar-refractivity contribution in [3.63, 3.8) is 0 Å². The summed E-state index contributed by atoms with van der Waals surface area (Å²) in [6.45, 7) is 4.46. The number of hydrogen-bond donors (Lipinski definition) is 1. The maximum atomic E-state index is 12.4. The van der Waals surface area contributed by atoms with Gasteiger partial charge in [-0.15, -0.1) is 0 Å². The van der Waals surface area contributed by atoms with Crippen LogP contribution in [0, 0.1) is 13.8 Å². The van der Waals surface area contributed by atoms with Crippen LogP contribution in [-0.4, -0.2) is 20.7 Å². The van der Waals surface area contributed by atoms with Gasteiger partial charge in [-0.25, -0.2) is 0 Å². The van der Waals surface area contributed by atoms with E-state index in [0.717, 1.165) is 22.4 Å². The quantitative estimate of drug-likeness (QED) is 0.804. The average Bonchev–Trinajstić information content (AvgIpc) is 3.01. The van der Waals surface area contributed by atoms with Crippen molar-refractivity contribution in [3.8, 4) is 11.3 Å². The maximum absolute atomic E-state index is 12.4. The van der Waals surface area contributed by atoms with Crippen molar-refractivity contribution >= 4 is 5.91 Å². The Hall–Kier alpha value is -2.95. The first-order valence-corrected chi connectivity index (χ1v) is 7.83. The minimum absolute atomic E-state index is 0.0842. The Kier molecular flexibility index (Phi) is 4.42. The molecule has 0 radical (unpaired) electrons. The number of carbonyl (C=O) groups is 1. The molecule has 0 saturated carbocycles. The van der Waals surface area contributed by atoms with E-state index in [-0.39, 0.29) is 5.91 Å². The molecule has 0 spiro atoms. The molecule has 0 unspecified atom stereocenters. The fraction of sp³-hybridized carbons (Fsp3) is 0.211. The molecule has 2 heterocycles. The number of aromatic nitrogens is 3. The number of nitrogens with one attached hydrogen (secondary N) is 1. The molecule has 0 fully saturated rings. The van der Waals surface area contributed by atoms with E-state index in [1.165, 1.54) is 5.56 Å². The van der Waals surface area contributed by atoms with Crippen LogP contribution in [0.1, 0.15) is 27.0 Å². The Labute approximate surface area is 141 Å². The number of pyridine rings is 1. The molecule has 1 aromatic carbocycles. The monoisotopic (exact) mass is 320 g/mol. The van der Waals surface area contributed by atoms with Gasteiger partial charge in [0.05, 0.1) is 11.9 Å². The zero-order valence-corrected chi connectivity index (χ0v) is 14.1. The van der Waals surface area contributed by atoms with Crippen molar-refractivity contribution in [1.82, 2.24) is 20.1 Å². The number of hydrogen-bond acceptors (Lipinski definition) is 3. The Morgan fingerprint density at radius 2 is 2.04 bits per heavy atom. The SMILES string of the molecule is Cc1ccc(C(=O)NCc2cccnc2-c2cnn(C)c2)cc1C. The molecule has 2 aromatic heterocycles. The smallest absolute Gasteiger partial charge is 0.251 e. The molecule has 5 heteroatoms. The molecule has 24 heavy (non-hydrogen) atoms. The molecule has 0 aliphatic rings. The van der Waals surface area contributed by atoms with Gasteiger partial charge < -0.3 is 5.32 Å². The van der Waals surface area contributed by atoms with Gasteiger partial charge in [0.1, 0.15) is 0 Å². The molecule has 0 aliphatic carbocycles. The van der Waals surface area contributed by atoms with Crippen molar-refractivity contribution in [2.75, 3.05) is 0 Å². The fourth-order valence-corrected chi connectivity index (χ4v) is 2.54. The van der Waals surface area contributed by atoms with Gasteiger partial charge in [-0.3, -0.25) is 14.5 Å². The zero-order chi connectivity index (χ0) is 17.1. The van der Waals surface area contributed by atoms with Crippen LogP contribution in [0.5, 0.6) is 0 Å². The number of amides is 1. The minimum Gasteiger partial charge on any atom is -0.348 e. The number of nitrogens with zero attached hydrogens (tertiary/aromatic N) is 3. The van der Waals surface area contributed by atoms with Crippen molar-refractivity contribution in [2.24, 2.45) is 7.05 Å². The van der Waals surface area contributed by atoms with Gasteiger partial charge in [-0.1, -0.05) is 12.1 Å². The van der Waals surface area contributed by atoms with E-state index in [4.69, 9.17) is 0 Å². The summed E-state index contributed by atoms with van der Waals surface area (Å²) >= 11 is 0. The summed E-state index contributed by atoms with van der Waals surface area (Å²) in [5.74, 6) is -0.0842. The van der Waals surface area contributed by atoms with Crippen LogP contribution in [0.4, 0.5) is 0 Å². The summed E-state index contributed by atoms with van der Waals surface area (Å²) in [7, 11) is 1.87. The normalized spacial score (nSPS) is 10.6. The second kappa shape index (κ2) is 6.66. The molecule has 3 aromatic rings. The van der Waals surface area contributed by atoms with Crippen molar-refractivity contribution in [1.29, 1.82) is 0 Å². The summed E-state index contributed by atoms with van der Waals surface area (Å²) in [6, 6.07) is 9.57. The first-order chi connectivity index (χ1) is 11.5. The van der Waals surface area contributed by atoms with E-state index < -0.39 is 0 Å². The van der Waals surface area contributed by atoms with Gasteiger partial charge in [0.2, 0.25) is 0 Å². The first-order valence-electron chi connectivity index (χ1n) is 7.83. The Bertz CT molecular complexity index is 883. The van der Waals surface area contributed by atoms with Crippen LogP contribution in [0.3, 0.4) is 0 Å².